The van der Waals surface area contributed by atoms with Crippen molar-refractivity contribution in [1.29, 1.82) is 0 Å². The molecular weight excluding hydrogens is 433 g/mol. The smallest absolute Gasteiger partial charge is 0.280 e. The molecule has 3 heterocycles. The summed E-state index contributed by atoms with van der Waals surface area (Å²) in [4.78, 5) is 34.9. The summed E-state index contributed by atoms with van der Waals surface area (Å²) in [6.45, 7) is 7.15. The minimum absolute atomic E-state index is 0.0151. The molecule has 162 valence electrons. The first-order valence-corrected chi connectivity index (χ1v) is 10.2. The number of aryl methyl sites for hydroxylation is 4. The van der Waals surface area contributed by atoms with Crippen LogP contribution in [-0.4, -0.2) is 25.7 Å². The van der Waals surface area contributed by atoms with E-state index in [0.29, 0.717) is 17.1 Å². The number of hydrogen-bond acceptors (Lipinski definition) is 5. The van der Waals surface area contributed by atoms with Gasteiger partial charge in [0, 0.05) is 16.4 Å². The Labute approximate surface area is 187 Å². The largest absolute Gasteiger partial charge is 0.319 e. The molecule has 1 N–H and O–H groups in total. The normalized spacial score (nSPS) is 11.1. The molecule has 0 aliphatic heterocycles. The maximum absolute atomic E-state index is 14.8. The Bertz CT molecular complexity index is 1470. The van der Waals surface area contributed by atoms with Crippen LogP contribution >= 0.6 is 11.6 Å². The molecule has 0 aliphatic rings. The van der Waals surface area contributed by atoms with Crippen LogP contribution in [0.5, 0.6) is 0 Å². The molecule has 0 fully saturated rings. The number of carbonyl (C=O) groups is 1. The van der Waals surface area contributed by atoms with Crippen LogP contribution in [0.2, 0.25) is 5.02 Å². The summed E-state index contributed by atoms with van der Waals surface area (Å²) in [5.41, 5.74) is 2.50. The minimum Gasteiger partial charge on any atom is -0.319 e. The Morgan fingerprint density at radius 2 is 1.78 bits per heavy atom. The van der Waals surface area contributed by atoms with Crippen molar-refractivity contribution >= 4 is 34.2 Å². The van der Waals surface area contributed by atoms with Crippen LogP contribution < -0.4 is 10.7 Å². The lowest BCUT2D eigenvalue weighted by atomic mass is 10.1. The quantitative estimate of drug-likeness (QED) is 0.497. The standard InChI is InChI=1S/C23H19ClFN5O2/c1-11-9-19-20(27-13(11)3)22(31)21(23(32)28-17-7-5-12(2)26-14(17)4)29-30(19)18-8-6-15(24)10-16(18)25/h5-10H,1-4H3,(H,28,32). The molecule has 32 heavy (non-hydrogen) atoms. The molecule has 0 aliphatic carbocycles. The maximum atomic E-state index is 14.8. The van der Waals surface area contributed by atoms with Crippen molar-refractivity contribution in [2.45, 2.75) is 27.7 Å². The summed E-state index contributed by atoms with van der Waals surface area (Å²) in [6.07, 6.45) is 0. The van der Waals surface area contributed by atoms with Crippen molar-refractivity contribution in [3.05, 3.63) is 85.8 Å². The molecule has 0 atom stereocenters. The number of pyridine rings is 2. The number of halogens is 2. The SMILES string of the molecule is Cc1ccc(NC(=O)c2nn(-c3ccc(Cl)cc3F)c3cc(C)c(C)nc3c2=O)c(C)n1. The van der Waals surface area contributed by atoms with Gasteiger partial charge in [-0.25, -0.2) is 14.1 Å². The number of rotatable bonds is 3. The van der Waals surface area contributed by atoms with Gasteiger partial charge in [0.2, 0.25) is 5.43 Å². The molecule has 0 radical (unpaired) electrons. The molecular formula is C23H19ClFN5O2. The van der Waals surface area contributed by atoms with Gasteiger partial charge in [-0.1, -0.05) is 11.6 Å². The van der Waals surface area contributed by atoms with E-state index in [1.54, 1.807) is 32.0 Å². The third kappa shape index (κ3) is 3.85. The van der Waals surface area contributed by atoms with Crippen LogP contribution in [-0.2, 0) is 0 Å². The lowest BCUT2D eigenvalue weighted by Gasteiger charge is -2.14. The van der Waals surface area contributed by atoms with Gasteiger partial charge < -0.3 is 5.32 Å². The Balaban J connectivity index is 1.95. The zero-order valence-electron chi connectivity index (χ0n) is 17.8. The van der Waals surface area contributed by atoms with E-state index in [4.69, 9.17) is 11.6 Å². The number of benzene rings is 1. The number of fused-ring (bicyclic) bond motifs is 1. The summed E-state index contributed by atoms with van der Waals surface area (Å²) < 4.78 is 16.0. The third-order valence-electron chi connectivity index (χ3n) is 5.13. The Kier molecular flexibility index (Phi) is 5.48. The predicted molar refractivity (Wildman–Crippen MR) is 121 cm³/mol. The van der Waals surface area contributed by atoms with Gasteiger partial charge in [0.25, 0.3) is 5.91 Å². The van der Waals surface area contributed by atoms with E-state index >= 15 is 0 Å². The molecule has 0 saturated heterocycles. The van der Waals surface area contributed by atoms with Crippen LogP contribution in [0.25, 0.3) is 16.7 Å². The van der Waals surface area contributed by atoms with Gasteiger partial charge in [0.15, 0.2) is 5.69 Å². The molecule has 9 heteroatoms. The number of hydrogen-bond donors (Lipinski definition) is 1. The van der Waals surface area contributed by atoms with Gasteiger partial charge in [-0.3, -0.25) is 14.6 Å². The maximum Gasteiger partial charge on any atom is 0.280 e. The van der Waals surface area contributed by atoms with Gasteiger partial charge in [-0.15, -0.1) is 0 Å². The predicted octanol–water partition coefficient (Wildman–Crippen LogP) is 4.45. The van der Waals surface area contributed by atoms with Gasteiger partial charge >= 0.3 is 0 Å². The highest BCUT2D eigenvalue weighted by Crippen LogP contribution is 2.22. The number of anilines is 1. The number of aromatic nitrogens is 4. The first-order valence-electron chi connectivity index (χ1n) is 9.78. The van der Waals surface area contributed by atoms with E-state index in [9.17, 15) is 14.0 Å². The summed E-state index contributed by atoms with van der Waals surface area (Å²) in [5, 5.41) is 7.10. The summed E-state index contributed by atoms with van der Waals surface area (Å²) in [5.74, 6) is -1.40. The first kappa shape index (κ1) is 21.6. The van der Waals surface area contributed by atoms with E-state index in [0.717, 1.165) is 17.3 Å². The fourth-order valence-corrected chi connectivity index (χ4v) is 3.48. The van der Waals surface area contributed by atoms with E-state index in [1.165, 1.54) is 16.8 Å². The molecule has 1 amide bonds. The van der Waals surface area contributed by atoms with Crippen molar-refractivity contribution in [3.63, 3.8) is 0 Å². The zero-order valence-corrected chi connectivity index (χ0v) is 18.6. The van der Waals surface area contributed by atoms with E-state index in [-0.39, 0.29) is 21.7 Å². The average Bonchev–Trinajstić information content (AvgIpc) is 2.72. The molecule has 0 unspecified atom stereocenters. The second kappa shape index (κ2) is 8.12. The molecule has 1 aromatic carbocycles. The van der Waals surface area contributed by atoms with E-state index in [2.05, 4.69) is 20.4 Å². The highest BCUT2D eigenvalue weighted by molar-refractivity contribution is 6.30. The molecule has 0 spiro atoms. The van der Waals surface area contributed by atoms with Gasteiger partial charge in [-0.05, 0) is 69.7 Å². The van der Waals surface area contributed by atoms with Gasteiger partial charge in [-0.2, -0.15) is 5.10 Å². The Morgan fingerprint density at radius 1 is 1.03 bits per heavy atom. The highest BCUT2D eigenvalue weighted by atomic mass is 35.5. The fourth-order valence-electron chi connectivity index (χ4n) is 3.32. The number of amides is 1. The van der Waals surface area contributed by atoms with Gasteiger partial charge in [0.1, 0.15) is 17.0 Å². The number of carbonyl (C=O) groups excluding carboxylic acids is 1. The third-order valence-corrected chi connectivity index (χ3v) is 5.37. The molecule has 0 saturated carbocycles. The average molecular weight is 452 g/mol. The summed E-state index contributed by atoms with van der Waals surface area (Å²) in [7, 11) is 0. The van der Waals surface area contributed by atoms with Crippen LogP contribution in [0.4, 0.5) is 10.1 Å². The Hall–Kier alpha value is -3.65. The highest BCUT2D eigenvalue weighted by Gasteiger charge is 2.22. The topological polar surface area (TPSA) is 89.8 Å². The second-order valence-corrected chi connectivity index (χ2v) is 7.92. The molecule has 3 aromatic heterocycles. The van der Waals surface area contributed by atoms with Crippen LogP contribution in [0, 0.1) is 33.5 Å². The Morgan fingerprint density at radius 3 is 2.47 bits per heavy atom. The molecule has 7 nitrogen and oxygen atoms in total. The fraction of sp³-hybridized carbons (Fsp3) is 0.174. The molecule has 4 aromatic rings. The minimum atomic E-state index is -0.742. The first-order chi connectivity index (χ1) is 15.2. The lowest BCUT2D eigenvalue weighted by molar-refractivity contribution is 0.101. The lowest BCUT2D eigenvalue weighted by Crippen LogP contribution is -2.28. The number of nitrogens with one attached hydrogen (secondary N) is 1. The van der Waals surface area contributed by atoms with E-state index in [1.807, 2.05) is 13.8 Å². The van der Waals surface area contributed by atoms with Crippen molar-refractivity contribution in [1.82, 2.24) is 19.7 Å². The summed E-state index contributed by atoms with van der Waals surface area (Å²) in [6, 6.07) is 9.19. The van der Waals surface area contributed by atoms with Crippen molar-refractivity contribution in [2.24, 2.45) is 0 Å². The monoisotopic (exact) mass is 451 g/mol. The number of nitrogens with zero attached hydrogens (tertiary/aromatic N) is 4. The van der Waals surface area contributed by atoms with Crippen LogP contribution in [0.3, 0.4) is 0 Å². The molecule has 4 rings (SSSR count). The second-order valence-electron chi connectivity index (χ2n) is 7.48. The zero-order chi connectivity index (χ0) is 23.2. The van der Waals surface area contributed by atoms with Crippen LogP contribution in [0.1, 0.15) is 33.1 Å². The summed E-state index contributed by atoms with van der Waals surface area (Å²) >= 11 is 5.89. The van der Waals surface area contributed by atoms with Crippen molar-refractivity contribution < 1.29 is 9.18 Å². The molecule has 0 bridgehead atoms. The van der Waals surface area contributed by atoms with Crippen molar-refractivity contribution in [3.8, 4) is 5.69 Å². The van der Waals surface area contributed by atoms with Gasteiger partial charge in [0.05, 0.1) is 16.9 Å². The van der Waals surface area contributed by atoms with E-state index < -0.39 is 22.8 Å². The van der Waals surface area contributed by atoms with Crippen LogP contribution in [0.15, 0.2) is 41.2 Å². The van der Waals surface area contributed by atoms with Crippen molar-refractivity contribution in [2.75, 3.05) is 5.32 Å².